The Kier molecular flexibility index (Phi) is 3.24. The molecule has 0 bridgehead atoms. The predicted octanol–water partition coefficient (Wildman–Crippen LogP) is 1.91. The van der Waals surface area contributed by atoms with E-state index in [1.54, 1.807) is 0 Å². The highest BCUT2D eigenvalue weighted by Gasteiger charge is 2.06. The van der Waals surface area contributed by atoms with Gasteiger partial charge in [0.25, 0.3) is 0 Å². The summed E-state index contributed by atoms with van der Waals surface area (Å²) in [6.45, 7) is 6.89. The van der Waals surface area contributed by atoms with Crippen LogP contribution >= 0.6 is 0 Å². The van der Waals surface area contributed by atoms with Gasteiger partial charge in [-0.3, -0.25) is 0 Å². The summed E-state index contributed by atoms with van der Waals surface area (Å²) in [4.78, 5) is 4.53. The van der Waals surface area contributed by atoms with Gasteiger partial charge in [0.2, 0.25) is 0 Å². The third-order valence-electron chi connectivity index (χ3n) is 2.61. The Balaban J connectivity index is 2.48. The second-order valence-electron chi connectivity index (χ2n) is 4.34. The van der Waals surface area contributed by atoms with Crippen molar-refractivity contribution in [2.24, 2.45) is 0 Å². The molecule has 0 aliphatic rings. The molecule has 17 heavy (non-hydrogen) atoms. The van der Waals surface area contributed by atoms with Gasteiger partial charge in [0.05, 0.1) is 5.69 Å². The highest BCUT2D eigenvalue weighted by atomic mass is 15.3. The van der Waals surface area contributed by atoms with E-state index in [0.717, 1.165) is 29.4 Å². The Morgan fingerprint density at radius 2 is 1.88 bits per heavy atom. The van der Waals surface area contributed by atoms with Gasteiger partial charge in [-0.05, 0) is 51.6 Å². The van der Waals surface area contributed by atoms with Crippen LogP contribution in [-0.4, -0.2) is 21.8 Å². The molecule has 4 nitrogen and oxygen atoms in total. The van der Waals surface area contributed by atoms with E-state index < -0.39 is 0 Å². The maximum absolute atomic E-state index is 4.53. The third kappa shape index (κ3) is 2.53. The standard InChI is InChI=1S/C13H18N4/c1-9-6-12(8-14-4)7-13(15-9)17-11(3)5-10(2)16-17/h5-7,14H,8H2,1-4H3. The van der Waals surface area contributed by atoms with Crippen LogP contribution in [0, 0.1) is 20.8 Å². The minimum absolute atomic E-state index is 0.843. The number of hydrogen-bond acceptors (Lipinski definition) is 3. The molecule has 0 radical (unpaired) electrons. The number of rotatable bonds is 3. The second kappa shape index (κ2) is 4.67. The van der Waals surface area contributed by atoms with Crippen molar-refractivity contribution in [2.45, 2.75) is 27.3 Å². The zero-order valence-corrected chi connectivity index (χ0v) is 10.8. The fraction of sp³-hybridized carbons (Fsp3) is 0.385. The third-order valence-corrected chi connectivity index (χ3v) is 2.61. The van der Waals surface area contributed by atoms with Crippen LogP contribution in [0.3, 0.4) is 0 Å². The summed E-state index contributed by atoms with van der Waals surface area (Å²) in [5.74, 6) is 0.890. The van der Waals surface area contributed by atoms with E-state index in [1.807, 2.05) is 32.5 Å². The Morgan fingerprint density at radius 3 is 2.47 bits per heavy atom. The first-order valence-electron chi connectivity index (χ1n) is 5.76. The molecular formula is C13H18N4. The van der Waals surface area contributed by atoms with Crippen molar-refractivity contribution in [3.05, 3.63) is 40.8 Å². The van der Waals surface area contributed by atoms with Crippen LogP contribution in [0.2, 0.25) is 0 Å². The molecular weight excluding hydrogens is 212 g/mol. The van der Waals surface area contributed by atoms with Gasteiger partial charge in [0, 0.05) is 17.9 Å². The van der Waals surface area contributed by atoms with Gasteiger partial charge in [0.15, 0.2) is 5.82 Å². The van der Waals surface area contributed by atoms with Crippen LogP contribution in [0.1, 0.15) is 22.6 Å². The first-order valence-corrected chi connectivity index (χ1v) is 5.76. The lowest BCUT2D eigenvalue weighted by atomic mass is 10.2. The smallest absolute Gasteiger partial charge is 0.154 e. The Morgan fingerprint density at radius 1 is 1.12 bits per heavy atom. The van der Waals surface area contributed by atoms with Crippen molar-refractivity contribution in [1.29, 1.82) is 0 Å². The number of nitrogens with zero attached hydrogens (tertiary/aromatic N) is 3. The molecule has 2 rings (SSSR count). The number of nitrogens with one attached hydrogen (secondary N) is 1. The predicted molar refractivity (Wildman–Crippen MR) is 68.3 cm³/mol. The fourth-order valence-electron chi connectivity index (χ4n) is 2.00. The summed E-state index contributed by atoms with van der Waals surface area (Å²) in [6, 6.07) is 6.22. The number of aryl methyl sites for hydroxylation is 3. The Hall–Kier alpha value is -1.68. The van der Waals surface area contributed by atoms with Crippen LogP contribution < -0.4 is 5.32 Å². The van der Waals surface area contributed by atoms with Gasteiger partial charge in [0.1, 0.15) is 0 Å². The average molecular weight is 230 g/mol. The normalized spacial score (nSPS) is 10.8. The minimum Gasteiger partial charge on any atom is -0.316 e. The molecule has 0 aromatic carbocycles. The summed E-state index contributed by atoms with van der Waals surface area (Å²) >= 11 is 0. The molecule has 2 aromatic rings. The minimum atomic E-state index is 0.843. The summed E-state index contributed by atoms with van der Waals surface area (Å²) in [7, 11) is 1.94. The van der Waals surface area contributed by atoms with E-state index in [4.69, 9.17) is 0 Å². The zero-order chi connectivity index (χ0) is 12.4. The lowest BCUT2D eigenvalue weighted by Gasteiger charge is -2.08. The van der Waals surface area contributed by atoms with Crippen molar-refractivity contribution >= 4 is 0 Å². The molecule has 0 spiro atoms. The maximum Gasteiger partial charge on any atom is 0.154 e. The van der Waals surface area contributed by atoms with Gasteiger partial charge >= 0.3 is 0 Å². The lowest BCUT2D eigenvalue weighted by molar-refractivity contribution is 0.780. The molecule has 2 aromatic heterocycles. The van der Waals surface area contributed by atoms with Crippen LogP contribution in [0.4, 0.5) is 0 Å². The zero-order valence-electron chi connectivity index (χ0n) is 10.8. The highest BCUT2D eigenvalue weighted by Crippen LogP contribution is 2.13. The number of aromatic nitrogens is 3. The van der Waals surface area contributed by atoms with Crippen molar-refractivity contribution in [3.63, 3.8) is 0 Å². The van der Waals surface area contributed by atoms with Crippen molar-refractivity contribution in [2.75, 3.05) is 7.05 Å². The SMILES string of the molecule is CNCc1cc(C)nc(-n2nc(C)cc2C)c1. The van der Waals surface area contributed by atoms with Gasteiger partial charge in [-0.1, -0.05) is 0 Å². The second-order valence-corrected chi connectivity index (χ2v) is 4.34. The molecule has 0 saturated carbocycles. The monoisotopic (exact) mass is 230 g/mol. The summed E-state index contributed by atoms with van der Waals surface area (Å²) in [5, 5.41) is 7.61. The Bertz CT molecular complexity index is 528. The molecule has 0 atom stereocenters. The van der Waals surface area contributed by atoms with Crippen molar-refractivity contribution < 1.29 is 0 Å². The van der Waals surface area contributed by atoms with Gasteiger partial charge in [-0.15, -0.1) is 0 Å². The van der Waals surface area contributed by atoms with Crippen LogP contribution in [0.5, 0.6) is 0 Å². The molecule has 90 valence electrons. The van der Waals surface area contributed by atoms with E-state index in [0.29, 0.717) is 0 Å². The molecule has 4 heteroatoms. The van der Waals surface area contributed by atoms with E-state index in [-0.39, 0.29) is 0 Å². The first kappa shape index (κ1) is 11.8. The van der Waals surface area contributed by atoms with Gasteiger partial charge in [-0.2, -0.15) is 5.10 Å². The summed E-state index contributed by atoms with van der Waals surface area (Å²) in [5.41, 5.74) is 4.36. The molecule has 0 saturated heterocycles. The van der Waals surface area contributed by atoms with Crippen LogP contribution in [-0.2, 0) is 6.54 Å². The summed E-state index contributed by atoms with van der Waals surface area (Å²) < 4.78 is 1.89. The van der Waals surface area contributed by atoms with Gasteiger partial charge < -0.3 is 5.32 Å². The molecule has 0 aliphatic carbocycles. The van der Waals surface area contributed by atoms with E-state index >= 15 is 0 Å². The van der Waals surface area contributed by atoms with Crippen LogP contribution in [0.15, 0.2) is 18.2 Å². The van der Waals surface area contributed by atoms with Gasteiger partial charge in [-0.25, -0.2) is 9.67 Å². The van der Waals surface area contributed by atoms with Crippen molar-refractivity contribution in [1.82, 2.24) is 20.1 Å². The number of hydrogen-bond donors (Lipinski definition) is 1. The molecule has 0 aliphatic heterocycles. The average Bonchev–Trinajstić information content (AvgIpc) is 2.57. The van der Waals surface area contributed by atoms with E-state index in [1.165, 1.54) is 5.56 Å². The maximum atomic E-state index is 4.53. The topological polar surface area (TPSA) is 42.7 Å². The molecule has 0 amide bonds. The molecule has 1 N–H and O–H groups in total. The quantitative estimate of drug-likeness (QED) is 0.876. The molecule has 2 heterocycles. The largest absolute Gasteiger partial charge is 0.316 e. The van der Waals surface area contributed by atoms with Crippen LogP contribution in [0.25, 0.3) is 5.82 Å². The van der Waals surface area contributed by atoms with E-state index in [9.17, 15) is 0 Å². The van der Waals surface area contributed by atoms with E-state index in [2.05, 4.69) is 33.6 Å². The molecule has 0 fully saturated rings. The fourth-order valence-corrected chi connectivity index (χ4v) is 2.00. The summed E-state index contributed by atoms with van der Waals surface area (Å²) in [6.07, 6.45) is 0. The Labute approximate surface area is 102 Å². The lowest BCUT2D eigenvalue weighted by Crippen LogP contribution is -2.09. The first-order chi connectivity index (χ1) is 8.10. The molecule has 0 unspecified atom stereocenters. The highest BCUT2D eigenvalue weighted by molar-refractivity contribution is 5.32. The number of pyridine rings is 1. The van der Waals surface area contributed by atoms with Crippen molar-refractivity contribution in [3.8, 4) is 5.82 Å².